The molecule has 2 aliphatic heterocycles. The number of benzene rings is 4. The number of Topliss-reactive ketones (excluding diaryl/α,β-unsaturated/α-hetero) is 1. The van der Waals surface area contributed by atoms with Gasteiger partial charge in [-0.1, -0.05) is 18.2 Å². The van der Waals surface area contributed by atoms with Gasteiger partial charge in [0.15, 0.2) is 11.2 Å². The van der Waals surface area contributed by atoms with Gasteiger partial charge in [0.2, 0.25) is 0 Å². The average molecular weight is 707 g/mol. The molecule has 1 unspecified atom stereocenters. The number of ketones is 1. The molecular weight excluding hydrogens is 664 g/mol. The highest BCUT2D eigenvalue weighted by atomic mass is 16.5. The van der Waals surface area contributed by atoms with Crippen LogP contribution in [0.25, 0.3) is 28.4 Å². The first-order valence-corrected chi connectivity index (χ1v) is 16.8. The van der Waals surface area contributed by atoms with Gasteiger partial charge in [0.25, 0.3) is 0 Å². The molecule has 1 atom stereocenters. The van der Waals surface area contributed by atoms with Crippen molar-refractivity contribution in [1.82, 2.24) is 0 Å². The van der Waals surface area contributed by atoms with Crippen LogP contribution in [-0.2, 0) is 12.8 Å². The van der Waals surface area contributed by atoms with Crippen molar-refractivity contribution in [3.8, 4) is 45.8 Å². The average Bonchev–Trinajstić information content (AvgIpc) is 3.11. The third-order valence-corrected chi connectivity index (χ3v) is 9.18. The molecule has 4 aromatic carbocycles. The lowest BCUT2D eigenvalue weighted by atomic mass is 9.89. The Labute approximate surface area is 301 Å². The van der Waals surface area contributed by atoms with Crippen molar-refractivity contribution in [3.05, 3.63) is 111 Å². The summed E-state index contributed by atoms with van der Waals surface area (Å²) >= 11 is 0. The molecular formula is C42H42O10. The van der Waals surface area contributed by atoms with E-state index in [2.05, 4.69) is 0 Å². The van der Waals surface area contributed by atoms with Gasteiger partial charge in [-0.15, -0.1) is 0 Å². The van der Waals surface area contributed by atoms with Crippen molar-refractivity contribution in [1.29, 1.82) is 0 Å². The van der Waals surface area contributed by atoms with Crippen LogP contribution in [0.4, 0.5) is 0 Å². The van der Waals surface area contributed by atoms with Crippen LogP contribution in [0.15, 0.2) is 88.1 Å². The number of phenols is 1. The standard InChI is InChI=1S/C25H28O6.C17H14O4/c1-24(2)9-8-16-20(30-24)7-6-14(23(16)29-5)11-18(26)17-10-15-12-22(28)25(3,4)31-21(15)13-19(17)27;1-19-12-5-3-4-11(8-12)16-10-15(18)14-7-6-13(20-2)9-17(14)21-16/h6-10,13,22,27-28H,11-12H2,1-5H3;3-10H,1-2H3. The molecule has 0 saturated carbocycles. The molecule has 2 N–H and O–H groups in total. The van der Waals surface area contributed by atoms with Gasteiger partial charge < -0.3 is 38.3 Å². The fraction of sp³-hybridized carbons (Fsp3) is 0.286. The second-order valence-corrected chi connectivity index (χ2v) is 13.8. The predicted molar refractivity (Wildman–Crippen MR) is 198 cm³/mol. The van der Waals surface area contributed by atoms with Crippen molar-refractivity contribution in [2.24, 2.45) is 0 Å². The molecule has 52 heavy (non-hydrogen) atoms. The van der Waals surface area contributed by atoms with E-state index in [9.17, 15) is 19.8 Å². The molecule has 0 amide bonds. The zero-order valence-electron chi connectivity index (χ0n) is 30.2. The number of aliphatic hydroxyl groups is 1. The number of carbonyl (C=O) groups excluding carboxylic acids is 1. The number of aliphatic hydroxyl groups excluding tert-OH is 1. The summed E-state index contributed by atoms with van der Waals surface area (Å²) in [5, 5.41) is 21.4. The molecule has 0 spiro atoms. The van der Waals surface area contributed by atoms with E-state index in [4.69, 9.17) is 28.1 Å². The quantitative estimate of drug-likeness (QED) is 0.163. The third kappa shape index (κ3) is 7.34. The van der Waals surface area contributed by atoms with E-state index >= 15 is 0 Å². The minimum Gasteiger partial charge on any atom is -0.507 e. The summed E-state index contributed by atoms with van der Waals surface area (Å²) in [6.07, 6.45) is 3.59. The maximum atomic E-state index is 13.1. The van der Waals surface area contributed by atoms with Crippen LogP contribution in [0, 0.1) is 0 Å². The van der Waals surface area contributed by atoms with Gasteiger partial charge in [0.1, 0.15) is 57.0 Å². The summed E-state index contributed by atoms with van der Waals surface area (Å²) in [5.41, 5.74) is 2.42. The van der Waals surface area contributed by atoms with Gasteiger partial charge in [-0.25, -0.2) is 0 Å². The number of carbonyl (C=O) groups is 1. The third-order valence-electron chi connectivity index (χ3n) is 9.18. The topological polar surface area (TPSA) is 134 Å². The molecule has 7 rings (SSSR count). The second kappa shape index (κ2) is 14.1. The molecule has 0 aliphatic carbocycles. The molecule has 270 valence electrons. The SMILES string of the molecule is COc1c(CC(=O)c2cc3c(cc2O)OC(C)(C)C(O)C3)ccc2c1C=CC(C)(C)O2.COc1cccc(-c2cc(=O)c3ccc(OC)cc3o2)c1. The Bertz CT molecular complexity index is 2240. The lowest BCUT2D eigenvalue weighted by Gasteiger charge is -2.37. The van der Waals surface area contributed by atoms with Crippen LogP contribution in [0.1, 0.15) is 54.7 Å². The van der Waals surface area contributed by atoms with Gasteiger partial charge in [-0.2, -0.15) is 0 Å². The number of hydrogen-bond acceptors (Lipinski definition) is 10. The number of phenolic OH excluding ortho intramolecular Hbond substituents is 1. The predicted octanol–water partition coefficient (Wildman–Crippen LogP) is 7.56. The molecule has 0 radical (unpaired) electrons. The van der Waals surface area contributed by atoms with Crippen molar-refractivity contribution < 1.29 is 43.1 Å². The van der Waals surface area contributed by atoms with Crippen molar-refractivity contribution >= 4 is 22.8 Å². The van der Waals surface area contributed by atoms with E-state index in [-0.39, 0.29) is 28.9 Å². The number of hydrogen-bond donors (Lipinski definition) is 2. The second-order valence-electron chi connectivity index (χ2n) is 13.8. The molecule has 3 heterocycles. The molecule has 0 saturated heterocycles. The van der Waals surface area contributed by atoms with E-state index < -0.39 is 17.3 Å². The van der Waals surface area contributed by atoms with Crippen molar-refractivity contribution in [3.63, 3.8) is 0 Å². The summed E-state index contributed by atoms with van der Waals surface area (Å²) < 4.78 is 33.6. The summed E-state index contributed by atoms with van der Waals surface area (Å²) in [6, 6.07) is 20.7. The molecule has 5 aromatic rings. The first-order valence-electron chi connectivity index (χ1n) is 16.8. The van der Waals surface area contributed by atoms with E-state index in [1.165, 1.54) is 12.1 Å². The van der Waals surface area contributed by atoms with Gasteiger partial charge in [0.05, 0.1) is 43.9 Å². The highest BCUT2D eigenvalue weighted by molar-refractivity contribution is 6.01. The number of aromatic hydroxyl groups is 1. The smallest absolute Gasteiger partial charge is 0.193 e. The number of ether oxygens (including phenoxy) is 5. The van der Waals surface area contributed by atoms with Crippen molar-refractivity contribution in [2.75, 3.05) is 21.3 Å². The van der Waals surface area contributed by atoms with E-state index in [0.717, 1.165) is 11.1 Å². The Morgan fingerprint density at radius 3 is 2.35 bits per heavy atom. The van der Waals surface area contributed by atoms with Gasteiger partial charge in [-0.05, 0) is 81.8 Å². The summed E-state index contributed by atoms with van der Waals surface area (Å²) in [6.45, 7) is 7.52. The molecule has 10 nitrogen and oxygen atoms in total. The minimum absolute atomic E-state index is 0.0505. The highest BCUT2D eigenvalue weighted by Gasteiger charge is 2.36. The summed E-state index contributed by atoms with van der Waals surface area (Å²) in [4.78, 5) is 25.3. The molecule has 10 heteroatoms. The summed E-state index contributed by atoms with van der Waals surface area (Å²) in [7, 11) is 4.74. The zero-order valence-corrected chi connectivity index (χ0v) is 30.2. The Morgan fingerprint density at radius 2 is 1.62 bits per heavy atom. The Morgan fingerprint density at radius 1 is 0.865 bits per heavy atom. The highest BCUT2D eigenvalue weighted by Crippen LogP contribution is 2.41. The monoisotopic (exact) mass is 706 g/mol. The van der Waals surface area contributed by atoms with Crippen LogP contribution in [0.3, 0.4) is 0 Å². The minimum atomic E-state index is -0.758. The first-order chi connectivity index (χ1) is 24.7. The van der Waals surface area contributed by atoms with Crippen LogP contribution in [0.5, 0.6) is 34.5 Å². The van der Waals surface area contributed by atoms with E-state index in [1.807, 2.05) is 62.4 Å². The lowest BCUT2D eigenvalue weighted by Crippen LogP contribution is -2.46. The van der Waals surface area contributed by atoms with Gasteiger partial charge in [0, 0.05) is 42.2 Å². The number of rotatable bonds is 7. The maximum absolute atomic E-state index is 13.1. The largest absolute Gasteiger partial charge is 0.507 e. The van der Waals surface area contributed by atoms with E-state index in [0.29, 0.717) is 63.0 Å². The number of methoxy groups -OCH3 is 3. The summed E-state index contributed by atoms with van der Waals surface area (Å²) in [5.74, 6) is 3.23. The van der Waals surface area contributed by atoms with Crippen LogP contribution >= 0.6 is 0 Å². The Balaban J connectivity index is 0.000000192. The fourth-order valence-corrected chi connectivity index (χ4v) is 6.20. The van der Waals surface area contributed by atoms with Gasteiger partial charge in [-0.3, -0.25) is 9.59 Å². The Kier molecular flexibility index (Phi) is 9.79. The maximum Gasteiger partial charge on any atom is 0.193 e. The number of fused-ring (bicyclic) bond motifs is 3. The van der Waals surface area contributed by atoms with Crippen molar-refractivity contribution in [2.45, 2.75) is 57.8 Å². The fourth-order valence-electron chi connectivity index (χ4n) is 6.20. The van der Waals surface area contributed by atoms with E-state index in [1.54, 1.807) is 59.4 Å². The molecule has 1 aromatic heterocycles. The molecule has 0 bridgehead atoms. The molecule has 2 aliphatic rings. The van der Waals surface area contributed by atoms with Crippen LogP contribution in [-0.4, -0.2) is 54.6 Å². The van der Waals surface area contributed by atoms with Gasteiger partial charge >= 0.3 is 0 Å². The lowest BCUT2D eigenvalue weighted by molar-refractivity contribution is -0.0412. The Hall–Kier alpha value is -5.74. The normalized spacial score (nSPS) is 16.3. The van der Waals surface area contributed by atoms with Crippen LogP contribution < -0.4 is 29.1 Å². The van der Waals surface area contributed by atoms with Crippen LogP contribution in [0.2, 0.25) is 0 Å². The zero-order chi connectivity index (χ0) is 37.4. The first kappa shape index (κ1) is 36.1. The molecule has 0 fully saturated rings.